The molecule has 0 N–H and O–H groups in total. The number of aryl methyl sites for hydroxylation is 1. The van der Waals surface area contributed by atoms with E-state index in [1.54, 1.807) is 14.0 Å². The number of hydrogen-bond acceptors (Lipinski definition) is 5. The van der Waals surface area contributed by atoms with Crippen LogP contribution in [-0.2, 0) is 14.3 Å². The Balaban J connectivity index is 1.63. The van der Waals surface area contributed by atoms with Gasteiger partial charge < -0.3 is 18.8 Å². The molecule has 2 aromatic heterocycles. The molecule has 0 saturated carbocycles. The molecule has 1 aromatic carbocycles. The Kier molecular flexibility index (Phi) is 6.96. The molecule has 7 heteroatoms. The maximum Gasteiger partial charge on any atom is 0.310 e. The molecule has 1 aliphatic heterocycles. The molecule has 2 unspecified atom stereocenters. The van der Waals surface area contributed by atoms with Crippen LogP contribution in [0.2, 0.25) is 0 Å². The van der Waals surface area contributed by atoms with E-state index in [1.807, 2.05) is 65.0 Å². The highest BCUT2D eigenvalue weighted by atomic mass is 16.5. The first kappa shape index (κ1) is 22.8. The molecule has 1 aliphatic rings. The molecular weight excluding hydrogens is 418 g/mol. The van der Waals surface area contributed by atoms with E-state index in [-0.39, 0.29) is 30.1 Å². The average Bonchev–Trinajstić information content (AvgIpc) is 3.25. The zero-order chi connectivity index (χ0) is 23.4. The number of benzene rings is 1. The SMILES string of the molecule is CCOC(=O)C1CCCN(C(=O)CC(c2cccc(OC)c2)c2cnc3cc(C)ccn23)C1. The van der Waals surface area contributed by atoms with Gasteiger partial charge in [-0.25, -0.2) is 4.98 Å². The lowest BCUT2D eigenvalue weighted by molar-refractivity contribution is -0.151. The van der Waals surface area contributed by atoms with Gasteiger partial charge in [0.15, 0.2) is 0 Å². The minimum Gasteiger partial charge on any atom is -0.497 e. The smallest absolute Gasteiger partial charge is 0.310 e. The standard InChI is InChI=1S/C26H31N3O4/c1-4-33-26(31)20-8-6-11-28(17-20)25(30)15-22(19-7-5-9-21(14-19)32-3)23-16-27-24-13-18(2)10-12-29(23)24/h5,7,9-10,12-14,16,20,22H,4,6,8,11,15,17H2,1-3H3. The average molecular weight is 450 g/mol. The number of pyridine rings is 1. The highest BCUT2D eigenvalue weighted by Crippen LogP contribution is 2.32. The van der Waals surface area contributed by atoms with Gasteiger partial charge in [-0.05, 0) is 62.1 Å². The second kappa shape index (κ2) is 10.1. The van der Waals surface area contributed by atoms with Gasteiger partial charge in [-0.2, -0.15) is 0 Å². The van der Waals surface area contributed by atoms with E-state index < -0.39 is 0 Å². The summed E-state index contributed by atoms with van der Waals surface area (Å²) in [4.78, 5) is 32.1. The van der Waals surface area contributed by atoms with Crippen LogP contribution in [0.5, 0.6) is 5.75 Å². The number of hydrogen-bond donors (Lipinski definition) is 0. The van der Waals surface area contributed by atoms with Crippen molar-refractivity contribution in [1.82, 2.24) is 14.3 Å². The number of carbonyl (C=O) groups is 2. The van der Waals surface area contributed by atoms with Crippen molar-refractivity contribution >= 4 is 17.5 Å². The molecule has 1 saturated heterocycles. The van der Waals surface area contributed by atoms with Gasteiger partial charge in [0.05, 0.1) is 25.3 Å². The summed E-state index contributed by atoms with van der Waals surface area (Å²) < 4.78 is 12.7. The fourth-order valence-electron chi connectivity index (χ4n) is 4.57. The van der Waals surface area contributed by atoms with E-state index in [2.05, 4.69) is 4.98 Å². The highest BCUT2D eigenvalue weighted by Gasteiger charge is 2.31. The van der Waals surface area contributed by atoms with Crippen LogP contribution >= 0.6 is 0 Å². The fraction of sp³-hybridized carbons (Fsp3) is 0.423. The monoisotopic (exact) mass is 449 g/mol. The Morgan fingerprint density at radius 3 is 2.88 bits per heavy atom. The quantitative estimate of drug-likeness (QED) is 0.510. The molecule has 0 spiro atoms. The molecule has 0 radical (unpaired) electrons. The van der Waals surface area contributed by atoms with Crippen molar-refractivity contribution in [2.24, 2.45) is 5.92 Å². The van der Waals surface area contributed by atoms with E-state index >= 15 is 0 Å². The molecule has 7 nitrogen and oxygen atoms in total. The first-order valence-electron chi connectivity index (χ1n) is 11.5. The van der Waals surface area contributed by atoms with Gasteiger partial charge in [-0.3, -0.25) is 9.59 Å². The zero-order valence-corrected chi connectivity index (χ0v) is 19.5. The van der Waals surface area contributed by atoms with Crippen molar-refractivity contribution in [2.75, 3.05) is 26.8 Å². The van der Waals surface area contributed by atoms with E-state index in [0.717, 1.165) is 41.1 Å². The maximum absolute atomic E-state index is 13.5. The normalized spacial score (nSPS) is 17.1. The molecule has 1 amide bonds. The third-order valence-corrected chi connectivity index (χ3v) is 6.32. The van der Waals surface area contributed by atoms with Crippen LogP contribution in [0.4, 0.5) is 0 Å². The van der Waals surface area contributed by atoms with Gasteiger partial charge in [-0.15, -0.1) is 0 Å². The second-order valence-electron chi connectivity index (χ2n) is 8.58. The largest absolute Gasteiger partial charge is 0.497 e. The molecule has 3 heterocycles. The molecule has 3 aromatic rings. The van der Waals surface area contributed by atoms with Crippen molar-refractivity contribution in [1.29, 1.82) is 0 Å². The molecule has 0 aliphatic carbocycles. The van der Waals surface area contributed by atoms with Gasteiger partial charge in [-0.1, -0.05) is 12.1 Å². The summed E-state index contributed by atoms with van der Waals surface area (Å²) in [5.41, 5.74) is 3.92. The van der Waals surface area contributed by atoms with Gasteiger partial charge in [0, 0.05) is 37.8 Å². The summed E-state index contributed by atoms with van der Waals surface area (Å²) in [6.45, 7) is 5.27. The maximum atomic E-state index is 13.5. The van der Waals surface area contributed by atoms with Crippen molar-refractivity contribution in [2.45, 2.75) is 39.0 Å². The second-order valence-corrected chi connectivity index (χ2v) is 8.58. The minimum absolute atomic E-state index is 0.0267. The number of aromatic nitrogens is 2. The van der Waals surface area contributed by atoms with Crippen LogP contribution in [0.1, 0.15) is 48.9 Å². The van der Waals surface area contributed by atoms with Crippen LogP contribution in [0.15, 0.2) is 48.8 Å². The molecule has 4 rings (SSSR count). The van der Waals surface area contributed by atoms with E-state index in [0.29, 0.717) is 19.7 Å². The van der Waals surface area contributed by atoms with Crippen molar-refractivity contribution in [3.63, 3.8) is 0 Å². The summed E-state index contributed by atoms with van der Waals surface area (Å²) in [7, 11) is 1.64. The van der Waals surface area contributed by atoms with Crippen LogP contribution < -0.4 is 4.74 Å². The Labute approximate surface area is 194 Å². The van der Waals surface area contributed by atoms with Crippen molar-refractivity contribution in [3.05, 3.63) is 65.6 Å². The van der Waals surface area contributed by atoms with Gasteiger partial charge in [0.2, 0.25) is 5.91 Å². The summed E-state index contributed by atoms with van der Waals surface area (Å²) in [5, 5.41) is 0. The number of fused-ring (bicyclic) bond motifs is 1. The Bertz CT molecular complexity index is 1140. The van der Waals surface area contributed by atoms with Crippen molar-refractivity contribution < 1.29 is 19.1 Å². The van der Waals surface area contributed by atoms with Crippen LogP contribution in [0, 0.1) is 12.8 Å². The molecule has 2 atom stereocenters. The Morgan fingerprint density at radius 2 is 2.09 bits per heavy atom. The number of nitrogens with zero attached hydrogens (tertiary/aromatic N) is 3. The number of ether oxygens (including phenoxy) is 2. The minimum atomic E-state index is -0.253. The lowest BCUT2D eigenvalue weighted by atomic mass is 9.90. The van der Waals surface area contributed by atoms with E-state index in [9.17, 15) is 9.59 Å². The number of methoxy groups -OCH3 is 1. The predicted molar refractivity (Wildman–Crippen MR) is 125 cm³/mol. The first-order valence-corrected chi connectivity index (χ1v) is 11.5. The number of amides is 1. The number of likely N-dealkylation sites (tertiary alicyclic amines) is 1. The lowest BCUT2D eigenvalue weighted by Gasteiger charge is -2.32. The van der Waals surface area contributed by atoms with Crippen LogP contribution in [-0.4, -0.2) is 53.0 Å². The molecular formula is C26H31N3O4. The van der Waals surface area contributed by atoms with Crippen LogP contribution in [0.3, 0.4) is 0 Å². The zero-order valence-electron chi connectivity index (χ0n) is 19.5. The summed E-state index contributed by atoms with van der Waals surface area (Å²) in [6, 6.07) is 11.9. The molecule has 33 heavy (non-hydrogen) atoms. The Hall–Kier alpha value is -3.35. The number of esters is 1. The third kappa shape index (κ3) is 5.02. The molecule has 174 valence electrons. The van der Waals surface area contributed by atoms with E-state index in [4.69, 9.17) is 9.47 Å². The van der Waals surface area contributed by atoms with Gasteiger partial charge in [0.1, 0.15) is 11.4 Å². The number of piperidine rings is 1. The Morgan fingerprint density at radius 1 is 1.24 bits per heavy atom. The van der Waals surface area contributed by atoms with Crippen molar-refractivity contribution in [3.8, 4) is 5.75 Å². The van der Waals surface area contributed by atoms with Crippen LogP contribution in [0.25, 0.3) is 5.65 Å². The van der Waals surface area contributed by atoms with Gasteiger partial charge >= 0.3 is 5.97 Å². The molecule has 0 bridgehead atoms. The summed E-state index contributed by atoms with van der Waals surface area (Å²) in [6.07, 6.45) is 5.69. The lowest BCUT2D eigenvalue weighted by Crippen LogP contribution is -2.43. The van der Waals surface area contributed by atoms with E-state index in [1.165, 1.54) is 0 Å². The summed E-state index contributed by atoms with van der Waals surface area (Å²) in [5.74, 6) is 0.107. The first-order chi connectivity index (χ1) is 16.0. The fourth-order valence-corrected chi connectivity index (χ4v) is 4.57. The predicted octanol–water partition coefficient (Wildman–Crippen LogP) is 3.98. The number of rotatable bonds is 7. The molecule has 1 fully saturated rings. The highest BCUT2D eigenvalue weighted by molar-refractivity contribution is 5.79. The van der Waals surface area contributed by atoms with Gasteiger partial charge in [0.25, 0.3) is 0 Å². The number of imidazole rings is 1. The summed E-state index contributed by atoms with van der Waals surface area (Å²) >= 11 is 0. The third-order valence-electron chi connectivity index (χ3n) is 6.32. The number of carbonyl (C=O) groups excluding carboxylic acids is 2. The topological polar surface area (TPSA) is 73.1 Å².